The quantitative estimate of drug-likeness (QED) is 0.186. The Balaban J connectivity index is 1.04. The molecule has 4 aromatic heterocycles. The predicted molar refractivity (Wildman–Crippen MR) is 212 cm³/mol. The maximum absolute atomic E-state index is 4.98. The van der Waals surface area contributed by atoms with Crippen molar-refractivity contribution in [3.63, 3.8) is 0 Å². The smallest absolute Gasteiger partial charge is 0.0912 e. The maximum atomic E-state index is 4.98. The van der Waals surface area contributed by atoms with E-state index in [1.807, 2.05) is 11.0 Å². The van der Waals surface area contributed by atoms with Gasteiger partial charge in [-0.05, 0) is 59.7 Å². The van der Waals surface area contributed by atoms with Crippen molar-refractivity contribution in [3.05, 3.63) is 157 Å². The van der Waals surface area contributed by atoms with Crippen molar-refractivity contribution in [1.82, 2.24) is 19.1 Å². The third-order valence-corrected chi connectivity index (χ3v) is 11.7. The van der Waals surface area contributed by atoms with Crippen LogP contribution in [-0.2, 0) is 0 Å². The second-order valence-corrected chi connectivity index (χ2v) is 14.4. The molecule has 7 aromatic carbocycles. The minimum absolute atomic E-state index is 1.03. The first-order chi connectivity index (χ1) is 24.8. The first-order valence-electron chi connectivity index (χ1n) is 16.6. The lowest BCUT2D eigenvalue weighted by atomic mass is 9.97. The molecule has 50 heavy (non-hydrogen) atoms. The number of hydrogen-bond acceptors (Lipinski definition) is 4. The fourth-order valence-electron chi connectivity index (χ4n) is 7.91. The summed E-state index contributed by atoms with van der Waals surface area (Å²) >= 11 is 3.38. The highest BCUT2D eigenvalue weighted by atomic mass is 32.1. The Labute approximate surface area is 294 Å². The molecule has 0 bridgehead atoms. The van der Waals surface area contributed by atoms with Gasteiger partial charge in [-0.15, -0.1) is 22.7 Å². The van der Waals surface area contributed by atoms with Gasteiger partial charge < -0.3 is 9.13 Å². The van der Waals surface area contributed by atoms with E-state index in [1.54, 1.807) is 22.7 Å². The van der Waals surface area contributed by atoms with Gasteiger partial charge in [-0.3, -0.25) is 0 Å². The summed E-state index contributed by atoms with van der Waals surface area (Å²) in [5, 5.41) is 5.06. The summed E-state index contributed by atoms with van der Waals surface area (Å²) < 4.78 is 7.05. The molecule has 11 rings (SSSR count). The van der Waals surface area contributed by atoms with Gasteiger partial charge in [0.05, 0.1) is 53.5 Å². The third kappa shape index (κ3) is 3.91. The molecule has 0 aliphatic heterocycles. The van der Waals surface area contributed by atoms with E-state index in [0.717, 1.165) is 54.1 Å². The van der Waals surface area contributed by atoms with Crippen LogP contribution in [0.1, 0.15) is 0 Å². The first-order valence-corrected chi connectivity index (χ1v) is 18.4. The molecule has 6 heteroatoms. The SMILES string of the molecule is c1ccc2c(c1)c1ccccc1n2-c1ccc(-c2c3ncsc3c(-c3ccc(-n4c5ccccc5c5ccccc54)cc3)c3ncsc23)cc1. The topological polar surface area (TPSA) is 35.6 Å². The minimum Gasteiger partial charge on any atom is -0.309 e. The first kappa shape index (κ1) is 27.8. The third-order valence-electron chi connectivity index (χ3n) is 10.1. The molecule has 11 aromatic rings. The number of para-hydroxylation sites is 4. The lowest BCUT2D eigenvalue weighted by Gasteiger charge is -2.13. The molecule has 0 aliphatic rings. The van der Waals surface area contributed by atoms with E-state index in [1.165, 1.54) is 43.6 Å². The van der Waals surface area contributed by atoms with Gasteiger partial charge in [-0.1, -0.05) is 97.1 Å². The summed E-state index contributed by atoms with van der Waals surface area (Å²) in [6.07, 6.45) is 0. The second-order valence-electron chi connectivity index (χ2n) is 12.6. The monoisotopic (exact) mass is 674 g/mol. The van der Waals surface area contributed by atoms with Crippen LogP contribution in [0.4, 0.5) is 0 Å². The molecular weight excluding hydrogens is 649 g/mol. The molecule has 0 unspecified atom stereocenters. The number of benzene rings is 7. The Hall–Kier alpha value is -6.08. The summed E-state index contributed by atoms with van der Waals surface area (Å²) in [6.45, 7) is 0. The van der Waals surface area contributed by atoms with Gasteiger partial charge in [0.25, 0.3) is 0 Å². The molecular formula is C44H26N4S2. The summed E-state index contributed by atoms with van der Waals surface area (Å²) in [4.78, 5) is 9.96. The highest BCUT2D eigenvalue weighted by Crippen LogP contribution is 2.46. The number of aromatic nitrogens is 4. The van der Waals surface area contributed by atoms with E-state index in [0.29, 0.717) is 0 Å². The van der Waals surface area contributed by atoms with E-state index in [4.69, 9.17) is 9.97 Å². The van der Waals surface area contributed by atoms with Crippen LogP contribution in [0.5, 0.6) is 0 Å². The molecule has 0 atom stereocenters. The number of thiazole rings is 2. The zero-order valence-electron chi connectivity index (χ0n) is 26.6. The molecule has 0 amide bonds. The van der Waals surface area contributed by atoms with Gasteiger partial charge in [-0.25, -0.2) is 9.97 Å². The average Bonchev–Trinajstić information content (AvgIpc) is 3.98. The van der Waals surface area contributed by atoms with Crippen LogP contribution in [0.25, 0.3) is 97.7 Å². The number of fused-ring (bicyclic) bond motifs is 8. The Morgan fingerprint density at radius 2 is 0.680 bits per heavy atom. The molecule has 234 valence electrons. The summed E-state index contributed by atoms with van der Waals surface area (Å²) in [5.74, 6) is 0. The van der Waals surface area contributed by atoms with Gasteiger partial charge in [0.15, 0.2) is 0 Å². The van der Waals surface area contributed by atoms with Gasteiger partial charge >= 0.3 is 0 Å². The zero-order chi connectivity index (χ0) is 32.8. The van der Waals surface area contributed by atoms with Crippen LogP contribution in [-0.4, -0.2) is 19.1 Å². The average molecular weight is 675 g/mol. The van der Waals surface area contributed by atoms with E-state index >= 15 is 0 Å². The summed E-state index contributed by atoms with van der Waals surface area (Å²) in [7, 11) is 0. The Morgan fingerprint density at radius 3 is 1.02 bits per heavy atom. The lowest BCUT2D eigenvalue weighted by molar-refractivity contribution is 1.18. The molecule has 0 fully saturated rings. The number of nitrogens with zero attached hydrogens (tertiary/aromatic N) is 4. The largest absolute Gasteiger partial charge is 0.309 e. The van der Waals surface area contributed by atoms with Crippen LogP contribution in [0, 0.1) is 0 Å². The van der Waals surface area contributed by atoms with Crippen LogP contribution in [0.3, 0.4) is 0 Å². The lowest BCUT2D eigenvalue weighted by Crippen LogP contribution is -1.94. The molecule has 4 heterocycles. The normalized spacial score (nSPS) is 12.0. The molecule has 0 spiro atoms. The molecule has 0 N–H and O–H groups in total. The van der Waals surface area contributed by atoms with Gasteiger partial charge in [-0.2, -0.15) is 0 Å². The van der Waals surface area contributed by atoms with Crippen molar-refractivity contribution in [1.29, 1.82) is 0 Å². The van der Waals surface area contributed by atoms with Crippen LogP contribution in [0.2, 0.25) is 0 Å². The summed E-state index contributed by atoms with van der Waals surface area (Å²) in [5.41, 5.74) is 17.7. The highest BCUT2D eigenvalue weighted by Gasteiger charge is 2.22. The molecule has 4 nitrogen and oxygen atoms in total. The van der Waals surface area contributed by atoms with Crippen molar-refractivity contribution < 1.29 is 0 Å². The molecule has 0 saturated carbocycles. The minimum atomic E-state index is 1.03. The predicted octanol–water partition coefficient (Wildman–Crippen LogP) is 12.4. The van der Waals surface area contributed by atoms with E-state index in [9.17, 15) is 0 Å². The van der Waals surface area contributed by atoms with Crippen molar-refractivity contribution in [2.75, 3.05) is 0 Å². The number of hydrogen-bond donors (Lipinski definition) is 0. The van der Waals surface area contributed by atoms with Crippen molar-refractivity contribution in [2.24, 2.45) is 0 Å². The Bertz CT molecular complexity index is 2720. The van der Waals surface area contributed by atoms with Crippen molar-refractivity contribution >= 4 is 86.7 Å². The van der Waals surface area contributed by atoms with Gasteiger partial charge in [0.2, 0.25) is 0 Å². The molecule has 0 saturated heterocycles. The molecule has 0 aliphatic carbocycles. The van der Waals surface area contributed by atoms with Gasteiger partial charge in [0, 0.05) is 44.0 Å². The van der Waals surface area contributed by atoms with Crippen LogP contribution >= 0.6 is 22.7 Å². The van der Waals surface area contributed by atoms with Crippen LogP contribution in [0.15, 0.2) is 157 Å². The van der Waals surface area contributed by atoms with E-state index in [-0.39, 0.29) is 0 Å². The Morgan fingerprint density at radius 1 is 0.360 bits per heavy atom. The van der Waals surface area contributed by atoms with E-state index in [2.05, 4.69) is 155 Å². The fourth-order valence-corrected chi connectivity index (χ4v) is 9.63. The fraction of sp³-hybridized carbons (Fsp3) is 0. The maximum Gasteiger partial charge on any atom is 0.0912 e. The standard InChI is InChI=1S/C44H26N4S2/c1-5-13-35-31(9-1)32-10-2-6-14-36(32)47(35)29-21-17-27(18-22-29)39-41-44(50-25-45-41)40(42-43(39)49-26-46-42)28-19-23-30(24-20-28)48-37-15-7-3-11-33(37)34-12-4-8-16-38(34)48/h1-26H. The molecule has 0 radical (unpaired) electrons. The van der Waals surface area contributed by atoms with Crippen LogP contribution < -0.4 is 0 Å². The Kier molecular flexibility index (Phi) is 5.96. The van der Waals surface area contributed by atoms with Gasteiger partial charge in [0.1, 0.15) is 0 Å². The van der Waals surface area contributed by atoms with E-state index < -0.39 is 0 Å². The summed E-state index contributed by atoms with van der Waals surface area (Å²) in [6, 6.07) is 52.5. The van der Waals surface area contributed by atoms with Crippen molar-refractivity contribution in [2.45, 2.75) is 0 Å². The van der Waals surface area contributed by atoms with Crippen molar-refractivity contribution in [3.8, 4) is 33.6 Å². The second kappa shape index (κ2) is 10.7. The highest BCUT2D eigenvalue weighted by molar-refractivity contribution is 7.19. The zero-order valence-corrected chi connectivity index (χ0v) is 28.2. The number of rotatable bonds is 4.